The summed E-state index contributed by atoms with van der Waals surface area (Å²) >= 11 is 7.67. The Kier molecular flexibility index (Phi) is 5.84. The van der Waals surface area contributed by atoms with E-state index in [9.17, 15) is 4.79 Å². The maximum absolute atomic E-state index is 11.8. The van der Waals surface area contributed by atoms with Gasteiger partial charge in [-0.05, 0) is 49.6 Å². The molecular weight excluding hydrogens is 366 g/mol. The number of ether oxygens (including phenoxy) is 1. The van der Waals surface area contributed by atoms with Gasteiger partial charge in [0.1, 0.15) is 11.4 Å². The quantitative estimate of drug-likeness (QED) is 0.327. The largest absolute Gasteiger partial charge is 0.461 e. The van der Waals surface area contributed by atoms with Gasteiger partial charge in [0.25, 0.3) is 0 Å². The molecule has 26 heavy (non-hydrogen) atoms. The van der Waals surface area contributed by atoms with E-state index in [4.69, 9.17) is 16.3 Å². The van der Waals surface area contributed by atoms with Crippen LogP contribution in [0.1, 0.15) is 21.6 Å². The minimum Gasteiger partial charge on any atom is -0.461 e. The number of alkyl halides is 1. The normalized spacial score (nSPS) is 11.0. The summed E-state index contributed by atoms with van der Waals surface area (Å²) < 4.78 is 5.08. The second-order valence-electron chi connectivity index (χ2n) is 6.40. The van der Waals surface area contributed by atoms with Gasteiger partial charge < -0.3 is 9.72 Å². The van der Waals surface area contributed by atoms with Crippen molar-refractivity contribution in [2.24, 2.45) is 0 Å². The molecule has 5 heteroatoms. The Bertz CT molecular complexity index is 934. The zero-order valence-corrected chi connectivity index (χ0v) is 16.6. The smallest absolute Gasteiger partial charge is 0.311 e. The molecule has 1 aromatic carbocycles. The molecule has 0 spiro atoms. The van der Waals surface area contributed by atoms with Crippen LogP contribution in [-0.4, -0.2) is 23.4 Å². The Hall–Kier alpha value is -2.04. The molecule has 0 saturated heterocycles. The summed E-state index contributed by atoms with van der Waals surface area (Å²) in [4.78, 5) is 17.5. The van der Waals surface area contributed by atoms with Crippen molar-refractivity contribution in [2.45, 2.75) is 26.7 Å². The molecule has 0 atom stereocenters. The molecule has 136 valence electrons. The number of carbonyl (C=O) groups excluding carboxylic acids is 1. The molecule has 0 aliphatic rings. The van der Waals surface area contributed by atoms with E-state index < -0.39 is 0 Å². The summed E-state index contributed by atoms with van der Waals surface area (Å²) in [5, 5.41) is 1.15. The van der Waals surface area contributed by atoms with Gasteiger partial charge in [-0.15, -0.1) is 22.9 Å². The minimum atomic E-state index is -0.234. The molecule has 2 heterocycles. The third-order valence-corrected chi connectivity index (χ3v) is 5.42. The molecule has 3 nitrogen and oxygen atoms in total. The van der Waals surface area contributed by atoms with Crippen molar-refractivity contribution in [3.63, 3.8) is 0 Å². The van der Waals surface area contributed by atoms with Gasteiger partial charge in [0.2, 0.25) is 0 Å². The zero-order chi connectivity index (χ0) is 18.7. The highest BCUT2D eigenvalue weighted by Gasteiger charge is 2.17. The number of thiophene rings is 1. The molecule has 2 aromatic heterocycles. The van der Waals surface area contributed by atoms with Crippen molar-refractivity contribution in [1.29, 1.82) is 0 Å². The lowest BCUT2D eigenvalue weighted by atomic mass is 10.0. The molecule has 3 aromatic rings. The van der Waals surface area contributed by atoms with Gasteiger partial charge >= 0.3 is 5.97 Å². The molecule has 0 saturated carbocycles. The van der Waals surface area contributed by atoms with E-state index in [1.54, 1.807) is 17.4 Å². The van der Waals surface area contributed by atoms with E-state index in [2.05, 4.69) is 49.7 Å². The van der Waals surface area contributed by atoms with Crippen LogP contribution < -0.4 is 0 Å². The lowest BCUT2D eigenvalue weighted by molar-refractivity contribution is -0.141. The van der Waals surface area contributed by atoms with Crippen LogP contribution >= 0.6 is 22.9 Å². The fourth-order valence-electron chi connectivity index (χ4n) is 3.23. The monoisotopic (exact) mass is 387 g/mol. The number of carbonyl (C=O) groups is 1. The number of aromatic nitrogens is 1. The molecule has 0 aliphatic heterocycles. The van der Waals surface area contributed by atoms with Crippen molar-refractivity contribution in [3.8, 4) is 11.3 Å². The summed E-state index contributed by atoms with van der Waals surface area (Å²) in [6.45, 7) is 8.02. The van der Waals surface area contributed by atoms with Crippen molar-refractivity contribution < 1.29 is 9.53 Å². The first-order valence-electron chi connectivity index (χ1n) is 8.56. The van der Waals surface area contributed by atoms with E-state index in [1.165, 1.54) is 22.3 Å². The van der Waals surface area contributed by atoms with E-state index in [0.717, 1.165) is 27.2 Å². The van der Waals surface area contributed by atoms with Crippen LogP contribution in [0.25, 0.3) is 21.5 Å². The fourth-order valence-corrected chi connectivity index (χ4v) is 4.50. The van der Waals surface area contributed by atoms with Crippen molar-refractivity contribution >= 4 is 39.1 Å². The molecule has 0 unspecified atom stereocenters. The lowest BCUT2D eigenvalue weighted by Crippen LogP contribution is -2.06. The Morgan fingerprint density at radius 3 is 2.65 bits per heavy atom. The number of halogens is 1. The average molecular weight is 388 g/mol. The predicted octanol–water partition coefficient (Wildman–Crippen LogP) is 5.57. The fraction of sp³-hybridized carbons (Fsp3) is 0.286. The molecule has 0 aliphatic carbocycles. The topological polar surface area (TPSA) is 42.1 Å². The van der Waals surface area contributed by atoms with Crippen LogP contribution in [0.4, 0.5) is 0 Å². The maximum atomic E-state index is 11.8. The highest BCUT2D eigenvalue weighted by molar-refractivity contribution is 7.18. The van der Waals surface area contributed by atoms with E-state index in [1.807, 2.05) is 0 Å². The number of benzene rings is 1. The lowest BCUT2D eigenvalue weighted by Gasteiger charge is -2.07. The van der Waals surface area contributed by atoms with Gasteiger partial charge in [-0.25, -0.2) is 0 Å². The number of hydrogen-bond acceptors (Lipinski definition) is 3. The van der Waals surface area contributed by atoms with Crippen molar-refractivity contribution in [2.75, 3.05) is 12.5 Å². The molecule has 0 radical (unpaired) electrons. The third-order valence-electron chi connectivity index (χ3n) is 4.18. The van der Waals surface area contributed by atoms with Crippen molar-refractivity contribution in [3.05, 3.63) is 58.5 Å². The van der Waals surface area contributed by atoms with Crippen LogP contribution in [0.2, 0.25) is 0 Å². The summed E-state index contributed by atoms with van der Waals surface area (Å²) in [5.74, 6) is 0.319. The number of H-pyrrole nitrogens is 1. The van der Waals surface area contributed by atoms with Crippen LogP contribution in [0.15, 0.2) is 36.9 Å². The van der Waals surface area contributed by atoms with Crippen molar-refractivity contribution in [1.82, 2.24) is 4.98 Å². The Morgan fingerprint density at radius 2 is 2.00 bits per heavy atom. The zero-order valence-electron chi connectivity index (χ0n) is 15.0. The second kappa shape index (κ2) is 8.11. The summed E-state index contributed by atoms with van der Waals surface area (Å²) in [5.41, 5.74) is 5.99. The Labute approximate surface area is 162 Å². The first-order valence-corrected chi connectivity index (χ1v) is 9.91. The minimum absolute atomic E-state index is 0.234. The van der Waals surface area contributed by atoms with Gasteiger partial charge in [0.05, 0.1) is 12.1 Å². The molecule has 1 N–H and O–H groups in total. The number of rotatable bonds is 7. The maximum Gasteiger partial charge on any atom is 0.311 e. The average Bonchev–Trinajstić information content (AvgIpc) is 3.11. The first kappa shape index (κ1) is 18.7. The second-order valence-corrected chi connectivity index (χ2v) is 7.91. The number of esters is 1. The SMILES string of the molecule is C=CCOC(=O)Cc1cc2c(CCCl)c(-c3cc(C)cc(C)c3)[nH]c2s1. The summed E-state index contributed by atoms with van der Waals surface area (Å²) in [7, 11) is 0. The van der Waals surface area contributed by atoms with Crippen LogP contribution in [0.3, 0.4) is 0 Å². The molecule has 0 bridgehead atoms. The van der Waals surface area contributed by atoms with E-state index in [-0.39, 0.29) is 19.0 Å². The number of fused-ring (bicyclic) bond motifs is 1. The van der Waals surface area contributed by atoms with Crippen LogP contribution in [-0.2, 0) is 22.4 Å². The van der Waals surface area contributed by atoms with Crippen LogP contribution in [0.5, 0.6) is 0 Å². The molecule has 3 rings (SSSR count). The molecular formula is C21H22ClNO2S. The van der Waals surface area contributed by atoms with E-state index in [0.29, 0.717) is 5.88 Å². The number of hydrogen-bond donors (Lipinski definition) is 1. The van der Waals surface area contributed by atoms with Gasteiger partial charge in [0.15, 0.2) is 0 Å². The van der Waals surface area contributed by atoms with E-state index >= 15 is 0 Å². The Morgan fingerprint density at radius 1 is 1.27 bits per heavy atom. The standard InChI is InChI=1S/C21H22ClNO2S/c1-4-7-25-19(24)12-16-11-18-17(5-6-22)20(23-21(18)26-16)15-9-13(2)8-14(3)10-15/h4,8-11,23H,1,5-7,12H2,2-3H3. The van der Waals surface area contributed by atoms with Gasteiger partial charge in [-0.1, -0.05) is 29.8 Å². The molecule has 0 amide bonds. The van der Waals surface area contributed by atoms with Gasteiger partial charge in [0, 0.05) is 16.1 Å². The third kappa shape index (κ3) is 4.02. The highest BCUT2D eigenvalue weighted by atomic mass is 35.5. The summed E-state index contributed by atoms with van der Waals surface area (Å²) in [6, 6.07) is 8.63. The van der Waals surface area contributed by atoms with Gasteiger partial charge in [-0.2, -0.15) is 0 Å². The number of aromatic amines is 1. The predicted molar refractivity (Wildman–Crippen MR) is 110 cm³/mol. The van der Waals surface area contributed by atoms with Crippen LogP contribution in [0, 0.1) is 13.8 Å². The van der Waals surface area contributed by atoms with Gasteiger partial charge in [-0.3, -0.25) is 4.79 Å². The summed E-state index contributed by atoms with van der Waals surface area (Å²) in [6.07, 6.45) is 2.63. The highest BCUT2D eigenvalue weighted by Crippen LogP contribution is 2.36. The number of nitrogens with one attached hydrogen (secondary N) is 1. The number of aryl methyl sites for hydroxylation is 3. The first-order chi connectivity index (χ1) is 12.5. The Balaban J connectivity index is 1.98. The molecule has 0 fully saturated rings.